The van der Waals surface area contributed by atoms with Gasteiger partial charge < -0.3 is 10.1 Å². The molecule has 1 aliphatic rings. The van der Waals surface area contributed by atoms with E-state index in [2.05, 4.69) is 5.32 Å². The van der Waals surface area contributed by atoms with E-state index in [9.17, 15) is 18.0 Å². The average Bonchev–Trinajstić information content (AvgIpc) is 2.66. The number of carbonyl (C=O) groups excluding carboxylic acids is 2. The third-order valence-electron chi connectivity index (χ3n) is 4.52. The highest BCUT2D eigenvalue weighted by Crippen LogP contribution is 2.21. The molecule has 8 heteroatoms. The zero-order valence-electron chi connectivity index (χ0n) is 15.2. The number of hydrogen-bond donors (Lipinski definition) is 1. The minimum Gasteiger partial charge on any atom is -0.452 e. The first kappa shape index (κ1) is 20.4. The summed E-state index contributed by atoms with van der Waals surface area (Å²) in [5.74, 6) is -1.11. The summed E-state index contributed by atoms with van der Waals surface area (Å²) in [5.41, 5.74) is 0.962. The molecule has 144 valence electrons. The van der Waals surface area contributed by atoms with Crippen molar-refractivity contribution in [3.63, 3.8) is 0 Å². The monoisotopic (exact) mass is 382 g/mol. The minimum absolute atomic E-state index is 0.0563. The van der Waals surface area contributed by atoms with Crippen molar-refractivity contribution in [2.24, 2.45) is 5.92 Å². The van der Waals surface area contributed by atoms with E-state index in [0.717, 1.165) is 5.56 Å². The van der Waals surface area contributed by atoms with Gasteiger partial charge in [0.05, 0.1) is 11.7 Å². The van der Waals surface area contributed by atoms with Gasteiger partial charge in [0.1, 0.15) is 0 Å². The van der Waals surface area contributed by atoms with Gasteiger partial charge in [0.2, 0.25) is 10.0 Å². The van der Waals surface area contributed by atoms with Crippen LogP contribution in [0.25, 0.3) is 0 Å². The zero-order valence-corrected chi connectivity index (χ0v) is 16.0. The van der Waals surface area contributed by atoms with Crippen LogP contribution in [0.15, 0.2) is 30.3 Å². The normalized spacial score (nSPS) is 17.5. The summed E-state index contributed by atoms with van der Waals surface area (Å²) < 4.78 is 30.4. The Morgan fingerprint density at radius 1 is 1.23 bits per heavy atom. The van der Waals surface area contributed by atoms with Crippen molar-refractivity contribution >= 4 is 21.9 Å². The Kier molecular flexibility index (Phi) is 7.16. The predicted molar refractivity (Wildman–Crippen MR) is 97.6 cm³/mol. The van der Waals surface area contributed by atoms with Crippen molar-refractivity contribution < 1.29 is 22.7 Å². The lowest BCUT2D eigenvalue weighted by Crippen LogP contribution is -2.42. The first-order valence-corrected chi connectivity index (χ1v) is 10.4. The number of esters is 1. The third kappa shape index (κ3) is 5.54. The van der Waals surface area contributed by atoms with E-state index in [0.29, 0.717) is 32.5 Å². The van der Waals surface area contributed by atoms with E-state index in [4.69, 9.17) is 4.74 Å². The maximum atomic E-state index is 12.2. The van der Waals surface area contributed by atoms with Crippen LogP contribution in [0.4, 0.5) is 0 Å². The van der Waals surface area contributed by atoms with Gasteiger partial charge in [0, 0.05) is 19.6 Å². The number of sulfonamides is 1. The Morgan fingerprint density at radius 2 is 1.85 bits per heavy atom. The lowest BCUT2D eigenvalue weighted by Gasteiger charge is -2.30. The van der Waals surface area contributed by atoms with Crippen LogP contribution < -0.4 is 5.32 Å². The second kappa shape index (κ2) is 9.14. The Labute approximate surface area is 154 Å². The highest BCUT2D eigenvalue weighted by atomic mass is 32.2. The first-order chi connectivity index (χ1) is 12.3. The second-order valence-corrected chi connectivity index (χ2v) is 8.61. The SMILES string of the molecule is CCS(=O)(=O)N1CCC(C(=O)OC(C)C(=O)NCc2ccccc2)CC1. The van der Waals surface area contributed by atoms with Crippen molar-refractivity contribution in [2.45, 2.75) is 39.3 Å². The maximum absolute atomic E-state index is 12.2. The summed E-state index contributed by atoms with van der Waals surface area (Å²) in [5, 5.41) is 2.74. The summed E-state index contributed by atoms with van der Waals surface area (Å²) in [6, 6.07) is 9.46. The number of nitrogens with one attached hydrogen (secondary N) is 1. The van der Waals surface area contributed by atoms with Gasteiger partial charge in [-0.2, -0.15) is 0 Å². The molecule has 1 N–H and O–H groups in total. The Bertz CT molecular complexity index is 712. The fourth-order valence-corrected chi connectivity index (χ4v) is 3.94. The molecule has 0 saturated carbocycles. The predicted octanol–water partition coefficient (Wildman–Crippen LogP) is 1.30. The molecule has 0 aromatic heterocycles. The van der Waals surface area contributed by atoms with Crippen LogP contribution in [0.1, 0.15) is 32.3 Å². The van der Waals surface area contributed by atoms with E-state index in [1.54, 1.807) is 6.92 Å². The largest absolute Gasteiger partial charge is 0.452 e. The fraction of sp³-hybridized carbons (Fsp3) is 0.556. The van der Waals surface area contributed by atoms with Gasteiger partial charge in [-0.3, -0.25) is 9.59 Å². The molecule has 1 amide bonds. The Morgan fingerprint density at radius 3 is 2.42 bits per heavy atom. The van der Waals surface area contributed by atoms with Gasteiger partial charge in [-0.05, 0) is 32.3 Å². The first-order valence-electron chi connectivity index (χ1n) is 8.83. The summed E-state index contributed by atoms with van der Waals surface area (Å²) in [7, 11) is -3.22. The molecule has 1 saturated heterocycles. The van der Waals surface area contributed by atoms with Crippen LogP contribution in [0.2, 0.25) is 0 Å². The summed E-state index contributed by atoms with van der Waals surface area (Å²) in [6.07, 6.45) is -0.0593. The van der Waals surface area contributed by atoms with Crippen LogP contribution >= 0.6 is 0 Å². The van der Waals surface area contributed by atoms with Gasteiger partial charge in [-0.25, -0.2) is 12.7 Å². The molecule has 0 aliphatic carbocycles. The molecular formula is C18H26N2O5S. The Hall–Kier alpha value is -1.93. The van der Waals surface area contributed by atoms with Gasteiger partial charge in [-0.15, -0.1) is 0 Å². The van der Waals surface area contributed by atoms with Crippen molar-refractivity contribution in [3.05, 3.63) is 35.9 Å². The van der Waals surface area contributed by atoms with Gasteiger partial charge in [0.15, 0.2) is 6.10 Å². The number of amides is 1. The van der Waals surface area contributed by atoms with E-state index in [1.165, 1.54) is 11.2 Å². The van der Waals surface area contributed by atoms with Crippen molar-refractivity contribution in [1.29, 1.82) is 0 Å². The maximum Gasteiger partial charge on any atom is 0.309 e. The molecule has 0 bridgehead atoms. The Balaban J connectivity index is 1.77. The smallest absolute Gasteiger partial charge is 0.309 e. The van der Waals surface area contributed by atoms with Crippen molar-refractivity contribution in [3.8, 4) is 0 Å². The fourth-order valence-electron chi connectivity index (χ4n) is 2.80. The standard InChI is InChI=1S/C18H26N2O5S/c1-3-26(23,24)20-11-9-16(10-12-20)18(22)25-14(2)17(21)19-13-15-7-5-4-6-8-15/h4-8,14,16H,3,9-13H2,1-2H3,(H,19,21). The number of benzene rings is 1. The molecule has 1 heterocycles. The van der Waals surface area contributed by atoms with Crippen LogP contribution in [0.5, 0.6) is 0 Å². The highest BCUT2D eigenvalue weighted by Gasteiger charge is 2.32. The van der Waals surface area contributed by atoms with Gasteiger partial charge in [0.25, 0.3) is 5.91 Å². The van der Waals surface area contributed by atoms with Crippen molar-refractivity contribution in [2.75, 3.05) is 18.8 Å². The molecule has 1 aromatic rings. The number of nitrogens with zero attached hydrogens (tertiary/aromatic N) is 1. The van der Waals surface area contributed by atoms with Crippen molar-refractivity contribution in [1.82, 2.24) is 9.62 Å². The van der Waals surface area contributed by atoms with Crippen LogP contribution in [0.3, 0.4) is 0 Å². The molecule has 1 aromatic carbocycles. The van der Waals surface area contributed by atoms with Crippen LogP contribution in [-0.2, 0) is 30.9 Å². The average molecular weight is 382 g/mol. The lowest BCUT2D eigenvalue weighted by molar-refractivity contribution is -0.159. The third-order valence-corrected chi connectivity index (χ3v) is 6.40. The number of ether oxygens (including phenoxy) is 1. The van der Waals surface area contributed by atoms with E-state index in [1.807, 2.05) is 30.3 Å². The molecular weight excluding hydrogens is 356 g/mol. The second-order valence-electron chi connectivity index (χ2n) is 6.36. The minimum atomic E-state index is -3.22. The molecule has 0 radical (unpaired) electrons. The molecule has 1 fully saturated rings. The molecule has 1 unspecified atom stereocenters. The summed E-state index contributed by atoms with van der Waals surface area (Å²) in [6.45, 7) is 4.13. The van der Waals surface area contributed by atoms with Gasteiger partial charge >= 0.3 is 5.97 Å². The molecule has 0 spiro atoms. The number of piperidine rings is 1. The molecule has 1 aliphatic heterocycles. The molecule has 2 rings (SSSR count). The van der Waals surface area contributed by atoms with E-state index >= 15 is 0 Å². The number of rotatable bonds is 7. The van der Waals surface area contributed by atoms with Crippen LogP contribution in [-0.4, -0.2) is 49.5 Å². The highest BCUT2D eigenvalue weighted by molar-refractivity contribution is 7.89. The van der Waals surface area contributed by atoms with Crippen LogP contribution in [0, 0.1) is 5.92 Å². The zero-order chi connectivity index (χ0) is 19.2. The topological polar surface area (TPSA) is 92.8 Å². The summed E-state index contributed by atoms with van der Waals surface area (Å²) >= 11 is 0. The number of carbonyl (C=O) groups is 2. The van der Waals surface area contributed by atoms with E-state index < -0.39 is 22.1 Å². The molecule has 1 atom stereocenters. The summed E-state index contributed by atoms with van der Waals surface area (Å²) in [4.78, 5) is 24.3. The molecule has 26 heavy (non-hydrogen) atoms. The lowest BCUT2D eigenvalue weighted by atomic mass is 9.98. The number of hydrogen-bond acceptors (Lipinski definition) is 5. The van der Waals surface area contributed by atoms with E-state index in [-0.39, 0.29) is 17.6 Å². The molecule has 7 nitrogen and oxygen atoms in total. The van der Waals surface area contributed by atoms with Gasteiger partial charge in [-0.1, -0.05) is 30.3 Å². The quantitative estimate of drug-likeness (QED) is 0.718.